The number of nitrogens with one attached hydrogen (secondary N) is 1. The van der Waals surface area contributed by atoms with Crippen LogP contribution in [0.4, 0.5) is 0 Å². The predicted molar refractivity (Wildman–Crippen MR) is 87.4 cm³/mol. The standard InChI is InChI=1S/C15H20N2O5S/c1-4-5-6-7-8-17-12(22-14(21)9(2)3)10(13(19)20)11(18)16-15(17)23/h2,4-8H2,1,3H3,(H,19,20)(H,16,18,23). The molecule has 0 bridgehead atoms. The van der Waals surface area contributed by atoms with Crippen LogP contribution in [-0.4, -0.2) is 26.6 Å². The molecule has 1 aromatic rings. The molecule has 0 fully saturated rings. The summed E-state index contributed by atoms with van der Waals surface area (Å²) in [7, 11) is 0. The SMILES string of the molecule is C=C(C)C(=O)Oc1c(C(=O)O)c(=O)[nH]c(=S)n1CCCCCC. The molecule has 126 valence electrons. The van der Waals surface area contributed by atoms with Crippen molar-refractivity contribution >= 4 is 24.2 Å². The number of rotatable bonds is 8. The van der Waals surface area contributed by atoms with Crippen molar-refractivity contribution in [1.82, 2.24) is 9.55 Å². The fraction of sp³-hybridized carbons (Fsp3) is 0.467. The van der Waals surface area contributed by atoms with Crippen molar-refractivity contribution in [3.8, 4) is 5.88 Å². The fourth-order valence-corrected chi connectivity index (χ4v) is 2.19. The number of hydrogen-bond acceptors (Lipinski definition) is 5. The van der Waals surface area contributed by atoms with Crippen LogP contribution in [0.15, 0.2) is 16.9 Å². The maximum atomic E-state index is 11.9. The number of aromatic carboxylic acids is 1. The lowest BCUT2D eigenvalue weighted by atomic mass is 10.2. The number of aromatic nitrogens is 2. The summed E-state index contributed by atoms with van der Waals surface area (Å²) in [6, 6.07) is 0. The second kappa shape index (κ2) is 8.42. The molecule has 0 aliphatic carbocycles. The normalized spacial score (nSPS) is 10.3. The zero-order chi connectivity index (χ0) is 17.6. The molecular formula is C15H20N2O5S. The molecule has 0 amide bonds. The van der Waals surface area contributed by atoms with Gasteiger partial charge in [-0.2, -0.15) is 0 Å². The highest BCUT2D eigenvalue weighted by Crippen LogP contribution is 2.18. The lowest BCUT2D eigenvalue weighted by Gasteiger charge is -2.15. The molecule has 7 nitrogen and oxygen atoms in total. The summed E-state index contributed by atoms with van der Waals surface area (Å²) >= 11 is 5.07. The Balaban J connectivity index is 3.35. The van der Waals surface area contributed by atoms with E-state index in [9.17, 15) is 19.5 Å². The van der Waals surface area contributed by atoms with E-state index in [-0.39, 0.29) is 16.2 Å². The number of carboxylic acid groups (broad SMARTS) is 1. The third-order valence-corrected chi connectivity index (χ3v) is 3.46. The Hall–Kier alpha value is -2.22. The molecule has 1 aromatic heterocycles. The number of carboxylic acids is 1. The Morgan fingerprint density at radius 1 is 1.35 bits per heavy atom. The lowest BCUT2D eigenvalue weighted by Crippen LogP contribution is -2.26. The average molecular weight is 340 g/mol. The summed E-state index contributed by atoms with van der Waals surface area (Å²) in [6.45, 7) is 7.28. The van der Waals surface area contributed by atoms with E-state index < -0.39 is 23.1 Å². The monoisotopic (exact) mass is 340 g/mol. The maximum Gasteiger partial charge on any atom is 0.346 e. The van der Waals surface area contributed by atoms with Gasteiger partial charge in [-0.1, -0.05) is 32.8 Å². The molecule has 0 saturated carbocycles. The van der Waals surface area contributed by atoms with Gasteiger partial charge in [0, 0.05) is 12.1 Å². The van der Waals surface area contributed by atoms with Gasteiger partial charge in [-0.05, 0) is 25.6 Å². The summed E-state index contributed by atoms with van der Waals surface area (Å²) in [6.07, 6.45) is 3.68. The highest BCUT2D eigenvalue weighted by molar-refractivity contribution is 7.71. The maximum absolute atomic E-state index is 11.9. The number of carbonyl (C=O) groups is 2. The molecule has 8 heteroatoms. The Morgan fingerprint density at radius 3 is 2.52 bits per heavy atom. The van der Waals surface area contributed by atoms with Crippen LogP contribution < -0.4 is 10.3 Å². The Bertz CT molecular complexity index is 732. The Kier molecular flexibility index (Phi) is 6.89. The van der Waals surface area contributed by atoms with Gasteiger partial charge in [0.25, 0.3) is 5.56 Å². The molecule has 1 rings (SSSR count). The molecule has 1 heterocycles. The smallest absolute Gasteiger partial charge is 0.346 e. The largest absolute Gasteiger partial charge is 0.477 e. The third kappa shape index (κ3) is 4.88. The summed E-state index contributed by atoms with van der Waals surface area (Å²) in [4.78, 5) is 37.3. The molecule has 0 spiro atoms. The summed E-state index contributed by atoms with van der Waals surface area (Å²) in [5.41, 5.74) is -1.47. The molecule has 0 saturated heterocycles. The first-order chi connectivity index (χ1) is 10.8. The van der Waals surface area contributed by atoms with Crippen molar-refractivity contribution in [1.29, 1.82) is 0 Å². The minimum absolute atomic E-state index is 0.0148. The summed E-state index contributed by atoms with van der Waals surface area (Å²) in [5.74, 6) is -2.65. The number of carbonyl (C=O) groups excluding carboxylic acids is 1. The van der Waals surface area contributed by atoms with E-state index in [1.54, 1.807) is 0 Å². The van der Waals surface area contributed by atoms with Crippen LogP contribution in [0.5, 0.6) is 5.88 Å². The Labute approximate surface area is 138 Å². The zero-order valence-electron chi connectivity index (χ0n) is 13.2. The summed E-state index contributed by atoms with van der Waals surface area (Å²) < 4.78 is 6.42. The molecule has 0 atom stereocenters. The van der Waals surface area contributed by atoms with E-state index in [0.29, 0.717) is 13.0 Å². The van der Waals surface area contributed by atoms with Crippen LogP contribution >= 0.6 is 12.2 Å². The van der Waals surface area contributed by atoms with Gasteiger partial charge in [-0.25, -0.2) is 9.59 Å². The number of nitrogens with zero attached hydrogens (tertiary/aromatic N) is 1. The second-order valence-corrected chi connectivity index (χ2v) is 5.51. The quantitative estimate of drug-likeness (QED) is 0.326. The third-order valence-electron chi connectivity index (χ3n) is 3.14. The number of H-pyrrole nitrogens is 1. The van der Waals surface area contributed by atoms with Crippen molar-refractivity contribution in [2.75, 3.05) is 0 Å². The molecule has 0 aromatic carbocycles. The topological polar surface area (TPSA) is 101 Å². The van der Waals surface area contributed by atoms with E-state index in [2.05, 4.69) is 18.5 Å². The van der Waals surface area contributed by atoms with E-state index in [4.69, 9.17) is 17.0 Å². The molecule has 0 aliphatic heterocycles. The Morgan fingerprint density at radius 2 is 2.00 bits per heavy atom. The van der Waals surface area contributed by atoms with Crippen LogP contribution in [-0.2, 0) is 11.3 Å². The van der Waals surface area contributed by atoms with Gasteiger partial charge in [0.15, 0.2) is 10.3 Å². The molecule has 23 heavy (non-hydrogen) atoms. The predicted octanol–water partition coefficient (Wildman–Crippen LogP) is 2.67. The van der Waals surface area contributed by atoms with E-state index >= 15 is 0 Å². The first kappa shape index (κ1) is 18.8. The number of aromatic amines is 1. The number of unbranched alkanes of at least 4 members (excludes halogenated alkanes) is 3. The summed E-state index contributed by atoms with van der Waals surface area (Å²) in [5, 5.41) is 9.24. The van der Waals surface area contributed by atoms with Gasteiger partial charge >= 0.3 is 11.9 Å². The minimum Gasteiger partial charge on any atom is -0.477 e. The number of esters is 1. The highest BCUT2D eigenvalue weighted by atomic mass is 32.1. The van der Waals surface area contributed by atoms with E-state index in [1.807, 2.05) is 0 Å². The van der Waals surface area contributed by atoms with Crippen molar-refractivity contribution in [3.63, 3.8) is 0 Å². The molecule has 2 N–H and O–H groups in total. The van der Waals surface area contributed by atoms with Gasteiger partial charge in [0.05, 0.1) is 0 Å². The van der Waals surface area contributed by atoms with Crippen molar-refractivity contribution in [2.45, 2.75) is 46.1 Å². The fourth-order valence-electron chi connectivity index (χ4n) is 1.92. The molecule has 0 aliphatic rings. The lowest BCUT2D eigenvalue weighted by molar-refractivity contribution is -0.130. The van der Waals surface area contributed by atoms with E-state index in [1.165, 1.54) is 11.5 Å². The first-order valence-electron chi connectivity index (χ1n) is 7.27. The number of ether oxygens (including phenoxy) is 1. The average Bonchev–Trinajstić information content (AvgIpc) is 2.45. The van der Waals surface area contributed by atoms with Gasteiger partial charge < -0.3 is 9.84 Å². The van der Waals surface area contributed by atoms with Gasteiger partial charge in [-0.3, -0.25) is 14.3 Å². The zero-order valence-corrected chi connectivity index (χ0v) is 14.0. The molecular weight excluding hydrogens is 320 g/mol. The highest BCUT2D eigenvalue weighted by Gasteiger charge is 2.23. The van der Waals surface area contributed by atoms with Gasteiger partial charge in [0.1, 0.15) is 0 Å². The van der Waals surface area contributed by atoms with Crippen molar-refractivity contribution < 1.29 is 19.4 Å². The van der Waals surface area contributed by atoms with Crippen molar-refractivity contribution in [2.24, 2.45) is 0 Å². The van der Waals surface area contributed by atoms with Gasteiger partial charge in [-0.15, -0.1) is 0 Å². The van der Waals surface area contributed by atoms with Gasteiger partial charge in [0.2, 0.25) is 5.88 Å². The number of hydrogen-bond donors (Lipinski definition) is 2. The van der Waals surface area contributed by atoms with Crippen LogP contribution in [0.3, 0.4) is 0 Å². The second-order valence-electron chi connectivity index (χ2n) is 5.13. The van der Waals surface area contributed by atoms with Crippen LogP contribution in [0.1, 0.15) is 49.9 Å². The first-order valence-corrected chi connectivity index (χ1v) is 7.68. The molecule has 0 radical (unpaired) electrons. The van der Waals surface area contributed by atoms with Crippen LogP contribution in [0.25, 0.3) is 0 Å². The van der Waals surface area contributed by atoms with Crippen molar-refractivity contribution in [3.05, 3.63) is 32.8 Å². The molecule has 0 unspecified atom stereocenters. The minimum atomic E-state index is -1.49. The van der Waals surface area contributed by atoms with E-state index in [0.717, 1.165) is 19.3 Å². The van der Waals surface area contributed by atoms with Crippen LogP contribution in [0.2, 0.25) is 0 Å². The van der Waals surface area contributed by atoms with Crippen LogP contribution in [0, 0.1) is 4.77 Å².